The molecule has 2 atom stereocenters. The molecular formula is C19H23N3O4. The third-order valence-electron chi connectivity index (χ3n) is 5.70. The van der Waals surface area contributed by atoms with E-state index in [0.717, 1.165) is 24.2 Å². The molecule has 1 aliphatic heterocycles. The van der Waals surface area contributed by atoms with Crippen LogP contribution in [-0.2, 0) is 4.79 Å². The molecule has 0 unspecified atom stereocenters. The minimum Gasteiger partial charge on any atom is -0.481 e. The molecule has 0 radical (unpaired) electrons. The third kappa shape index (κ3) is 2.71. The van der Waals surface area contributed by atoms with Crippen molar-refractivity contribution >= 4 is 11.9 Å². The summed E-state index contributed by atoms with van der Waals surface area (Å²) in [5.41, 5.74) is 2.29. The predicted molar refractivity (Wildman–Crippen MR) is 93.3 cm³/mol. The SMILES string of the molecule is Cc1cc(-n2c(C)cc(C(=O)N3C[C@H](C(=O)O)[C@@H](C4CC4)C3)c2C)no1. The smallest absolute Gasteiger partial charge is 0.308 e. The maximum absolute atomic E-state index is 13.1. The van der Waals surface area contributed by atoms with Crippen molar-refractivity contribution in [2.24, 2.45) is 17.8 Å². The van der Waals surface area contributed by atoms with Gasteiger partial charge in [0.05, 0.1) is 11.5 Å². The Morgan fingerprint density at radius 2 is 1.92 bits per heavy atom. The summed E-state index contributed by atoms with van der Waals surface area (Å²) in [6.07, 6.45) is 2.16. The molecule has 0 spiro atoms. The number of aromatic nitrogens is 2. The molecule has 1 saturated carbocycles. The van der Waals surface area contributed by atoms with Gasteiger partial charge in [-0.15, -0.1) is 0 Å². The van der Waals surface area contributed by atoms with Crippen LogP contribution in [0.4, 0.5) is 0 Å². The highest BCUT2D eigenvalue weighted by molar-refractivity contribution is 5.96. The molecule has 1 saturated heterocycles. The summed E-state index contributed by atoms with van der Waals surface area (Å²) in [5, 5.41) is 13.6. The molecule has 0 bridgehead atoms. The van der Waals surface area contributed by atoms with E-state index >= 15 is 0 Å². The number of amides is 1. The van der Waals surface area contributed by atoms with E-state index < -0.39 is 11.9 Å². The second-order valence-corrected chi connectivity index (χ2v) is 7.57. The lowest BCUT2D eigenvalue weighted by atomic mass is 9.92. The molecule has 7 nitrogen and oxygen atoms in total. The van der Waals surface area contributed by atoms with E-state index in [0.29, 0.717) is 36.1 Å². The molecule has 138 valence electrons. The van der Waals surface area contributed by atoms with E-state index in [1.165, 1.54) is 0 Å². The summed E-state index contributed by atoms with van der Waals surface area (Å²) < 4.78 is 7.05. The topological polar surface area (TPSA) is 88.6 Å². The van der Waals surface area contributed by atoms with Gasteiger partial charge in [-0.25, -0.2) is 0 Å². The quantitative estimate of drug-likeness (QED) is 0.908. The Kier molecular flexibility index (Phi) is 3.89. The fraction of sp³-hybridized carbons (Fsp3) is 0.526. The second kappa shape index (κ2) is 6.00. The van der Waals surface area contributed by atoms with Crippen molar-refractivity contribution in [3.05, 3.63) is 34.8 Å². The number of hydrogen-bond acceptors (Lipinski definition) is 4. The zero-order valence-corrected chi connectivity index (χ0v) is 15.2. The Hall–Kier alpha value is -2.57. The lowest BCUT2D eigenvalue weighted by molar-refractivity contribution is -0.142. The third-order valence-corrected chi connectivity index (χ3v) is 5.70. The van der Waals surface area contributed by atoms with Crippen LogP contribution in [0.1, 0.15) is 40.3 Å². The fourth-order valence-electron chi connectivity index (χ4n) is 4.22. The van der Waals surface area contributed by atoms with Crippen LogP contribution < -0.4 is 0 Å². The van der Waals surface area contributed by atoms with Crippen LogP contribution in [0.15, 0.2) is 16.7 Å². The zero-order valence-electron chi connectivity index (χ0n) is 15.2. The highest BCUT2D eigenvalue weighted by atomic mass is 16.5. The molecule has 1 amide bonds. The Balaban J connectivity index is 1.62. The van der Waals surface area contributed by atoms with Crippen molar-refractivity contribution in [2.45, 2.75) is 33.6 Å². The second-order valence-electron chi connectivity index (χ2n) is 7.57. The largest absolute Gasteiger partial charge is 0.481 e. The highest BCUT2D eigenvalue weighted by Gasteiger charge is 2.47. The van der Waals surface area contributed by atoms with Gasteiger partial charge in [0.2, 0.25) is 0 Å². The molecule has 2 aromatic rings. The van der Waals surface area contributed by atoms with Gasteiger partial charge in [0.25, 0.3) is 5.91 Å². The predicted octanol–water partition coefficient (Wildman–Crippen LogP) is 2.57. The molecule has 3 heterocycles. The lowest BCUT2D eigenvalue weighted by Crippen LogP contribution is -2.30. The Morgan fingerprint density at radius 3 is 2.50 bits per heavy atom. The van der Waals surface area contributed by atoms with Gasteiger partial charge in [-0.1, -0.05) is 5.16 Å². The number of aryl methyl sites for hydroxylation is 2. The van der Waals surface area contributed by atoms with Gasteiger partial charge in [0.15, 0.2) is 5.82 Å². The highest BCUT2D eigenvalue weighted by Crippen LogP contribution is 2.44. The normalized spacial score (nSPS) is 22.8. The van der Waals surface area contributed by atoms with Gasteiger partial charge in [0, 0.05) is 30.5 Å². The molecule has 0 aromatic carbocycles. The molecule has 4 rings (SSSR count). The van der Waals surface area contributed by atoms with Gasteiger partial charge in [-0.05, 0) is 51.5 Å². The van der Waals surface area contributed by atoms with Gasteiger partial charge < -0.3 is 14.5 Å². The van der Waals surface area contributed by atoms with E-state index in [-0.39, 0.29) is 11.8 Å². The van der Waals surface area contributed by atoms with E-state index in [4.69, 9.17) is 4.52 Å². The molecule has 26 heavy (non-hydrogen) atoms. The first kappa shape index (κ1) is 16.9. The van der Waals surface area contributed by atoms with Crippen molar-refractivity contribution in [1.82, 2.24) is 14.6 Å². The standard InChI is InChI=1S/C19H23N3O4/c1-10-6-14(12(3)22(10)17-7-11(2)26-20-17)18(23)21-8-15(13-4-5-13)16(9-21)19(24)25/h6-7,13,15-16H,4-5,8-9H2,1-3H3,(H,24,25)/t15-,16+/m1/s1. The van der Waals surface area contributed by atoms with E-state index in [1.54, 1.807) is 4.90 Å². The van der Waals surface area contributed by atoms with E-state index in [1.807, 2.05) is 37.5 Å². The summed E-state index contributed by atoms with van der Waals surface area (Å²) in [7, 11) is 0. The minimum atomic E-state index is -0.791. The average Bonchev–Trinajstić information content (AvgIpc) is 3.06. The molecule has 1 N–H and O–H groups in total. The zero-order chi connectivity index (χ0) is 18.6. The summed E-state index contributed by atoms with van der Waals surface area (Å²) in [4.78, 5) is 26.4. The number of carboxylic acid groups (broad SMARTS) is 1. The summed E-state index contributed by atoms with van der Waals surface area (Å²) in [6, 6.07) is 3.68. The molecule has 2 aromatic heterocycles. The maximum Gasteiger partial charge on any atom is 0.308 e. The number of rotatable bonds is 4. The Morgan fingerprint density at radius 1 is 1.19 bits per heavy atom. The van der Waals surface area contributed by atoms with Gasteiger partial charge >= 0.3 is 5.97 Å². The van der Waals surface area contributed by atoms with Gasteiger partial charge in [-0.3, -0.25) is 14.2 Å². The minimum absolute atomic E-state index is 0.0816. The van der Waals surface area contributed by atoms with Crippen LogP contribution in [0.25, 0.3) is 5.82 Å². The monoisotopic (exact) mass is 357 g/mol. The molecule has 7 heteroatoms. The lowest BCUT2D eigenvalue weighted by Gasteiger charge is -2.16. The van der Waals surface area contributed by atoms with Crippen LogP contribution in [-0.4, -0.2) is 44.7 Å². The van der Waals surface area contributed by atoms with Crippen molar-refractivity contribution in [1.29, 1.82) is 0 Å². The Labute approximate surface area is 151 Å². The van der Waals surface area contributed by atoms with Crippen molar-refractivity contribution in [3.8, 4) is 5.82 Å². The van der Waals surface area contributed by atoms with Crippen LogP contribution in [0.3, 0.4) is 0 Å². The average molecular weight is 357 g/mol. The van der Waals surface area contributed by atoms with Crippen LogP contribution in [0.5, 0.6) is 0 Å². The molecule has 2 aliphatic rings. The summed E-state index contributed by atoms with van der Waals surface area (Å²) in [5.74, 6) is 0.555. The first-order chi connectivity index (χ1) is 12.4. The first-order valence-electron chi connectivity index (χ1n) is 9.01. The van der Waals surface area contributed by atoms with Crippen LogP contribution in [0.2, 0.25) is 0 Å². The summed E-state index contributed by atoms with van der Waals surface area (Å²) in [6.45, 7) is 6.46. The number of carboxylic acids is 1. The van der Waals surface area contributed by atoms with E-state index in [2.05, 4.69) is 5.16 Å². The number of hydrogen-bond donors (Lipinski definition) is 1. The molecule has 2 fully saturated rings. The fourth-order valence-corrected chi connectivity index (χ4v) is 4.22. The van der Waals surface area contributed by atoms with Gasteiger partial charge in [0.1, 0.15) is 5.76 Å². The first-order valence-corrected chi connectivity index (χ1v) is 9.01. The van der Waals surface area contributed by atoms with Crippen molar-refractivity contribution < 1.29 is 19.2 Å². The summed E-state index contributed by atoms with van der Waals surface area (Å²) >= 11 is 0. The van der Waals surface area contributed by atoms with Crippen molar-refractivity contribution in [2.75, 3.05) is 13.1 Å². The van der Waals surface area contributed by atoms with Gasteiger partial charge in [-0.2, -0.15) is 0 Å². The van der Waals surface area contributed by atoms with Crippen LogP contribution in [0, 0.1) is 38.5 Å². The Bertz CT molecular complexity index is 877. The van der Waals surface area contributed by atoms with E-state index in [9.17, 15) is 14.7 Å². The number of likely N-dealkylation sites (tertiary alicyclic amines) is 1. The number of aliphatic carboxylic acids is 1. The molecule has 1 aliphatic carbocycles. The molecular weight excluding hydrogens is 334 g/mol. The van der Waals surface area contributed by atoms with Crippen molar-refractivity contribution in [3.63, 3.8) is 0 Å². The van der Waals surface area contributed by atoms with Crippen LogP contribution >= 0.6 is 0 Å². The maximum atomic E-state index is 13.1. The number of carbonyl (C=O) groups is 2. The number of carbonyl (C=O) groups excluding carboxylic acids is 1. The number of nitrogens with zero attached hydrogens (tertiary/aromatic N) is 3.